The topological polar surface area (TPSA) is 63.2 Å². The molecule has 3 rings (SSSR count). The first-order valence-corrected chi connectivity index (χ1v) is 11.4. The van der Waals surface area contributed by atoms with Gasteiger partial charge in [0.15, 0.2) is 12.1 Å². The van der Waals surface area contributed by atoms with E-state index in [4.69, 9.17) is 23.7 Å². The number of hydrogen-bond acceptors (Lipinski definition) is 6. The van der Waals surface area contributed by atoms with E-state index in [1.807, 2.05) is 0 Å². The minimum Gasteiger partial charge on any atom is -0.462 e. The van der Waals surface area contributed by atoms with Gasteiger partial charge in [0, 0.05) is 40.6 Å². The van der Waals surface area contributed by atoms with E-state index >= 15 is 0 Å². The van der Waals surface area contributed by atoms with Crippen LogP contribution in [0.15, 0.2) is 23.3 Å². The van der Waals surface area contributed by atoms with Crippen LogP contribution in [0.5, 0.6) is 0 Å². The van der Waals surface area contributed by atoms with Gasteiger partial charge >= 0.3 is 5.97 Å². The second-order valence-corrected chi connectivity index (χ2v) is 9.71. The summed E-state index contributed by atoms with van der Waals surface area (Å²) in [5, 5.41) is 0. The molecule has 0 bridgehead atoms. The van der Waals surface area contributed by atoms with Crippen molar-refractivity contribution >= 4 is 5.97 Å². The Bertz CT molecular complexity index is 711. The number of carbonyl (C=O) groups excluding carboxylic acids is 1. The minimum atomic E-state index is -0.758. The molecule has 1 aliphatic heterocycles. The molecule has 1 heterocycles. The van der Waals surface area contributed by atoms with Crippen LogP contribution in [0.25, 0.3) is 0 Å². The van der Waals surface area contributed by atoms with Gasteiger partial charge < -0.3 is 23.7 Å². The first-order valence-electron chi connectivity index (χ1n) is 11.4. The zero-order chi connectivity index (χ0) is 22.9. The summed E-state index contributed by atoms with van der Waals surface area (Å²) >= 11 is 0. The average Bonchev–Trinajstić information content (AvgIpc) is 3.22. The third-order valence-corrected chi connectivity index (χ3v) is 7.76. The second kappa shape index (κ2) is 9.74. The maximum Gasteiger partial charge on any atom is 0.302 e. The van der Waals surface area contributed by atoms with Gasteiger partial charge in [-0.3, -0.25) is 4.79 Å². The maximum absolute atomic E-state index is 11.9. The summed E-state index contributed by atoms with van der Waals surface area (Å²) in [5.74, 6) is -0.220. The molecule has 6 heteroatoms. The molecule has 0 aromatic rings. The van der Waals surface area contributed by atoms with Crippen molar-refractivity contribution in [3.8, 4) is 0 Å². The fraction of sp³-hybridized carbons (Fsp3) is 0.800. The van der Waals surface area contributed by atoms with Crippen molar-refractivity contribution in [2.24, 2.45) is 29.6 Å². The second-order valence-electron chi connectivity index (χ2n) is 9.71. The molecule has 0 amide bonds. The van der Waals surface area contributed by atoms with Gasteiger partial charge in [-0.25, -0.2) is 0 Å². The van der Waals surface area contributed by atoms with Crippen molar-refractivity contribution in [1.82, 2.24) is 0 Å². The third kappa shape index (κ3) is 4.50. The molecular weight excluding hydrogens is 396 g/mol. The van der Waals surface area contributed by atoms with Gasteiger partial charge in [0.25, 0.3) is 0 Å². The lowest BCUT2D eigenvalue weighted by Crippen LogP contribution is -2.57. The molecule has 0 unspecified atom stereocenters. The number of carbonyl (C=O) groups is 1. The highest BCUT2D eigenvalue weighted by Gasteiger charge is 2.68. The van der Waals surface area contributed by atoms with E-state index in [2.05, 4.69) is 39.8 Å². The lowest BCUT2D eigenvalue weighted by atomic mass is 9.68. The molecule has 0 N–H and O–H groups in total. The molecule has 0 aromatic carbocycles. The molecule has 0 aromatic heterocycles. The smallest absolute Gasteiger partial charge is 0.302 e. The van der Waals surface area contributed by atoms with E-state index in [1.54, 1.807) is 21.3 Å². The normalized spacial score (nSPS) is 42.1. The van der Waals surface area contributed by atoms with Crippen molar-refractivity contribution in [2.75, 3.05) is 21.3 Å². The van der Waals surface area contributed by atoms with Crippen LogP contribution in [0.3, 0.4) is 0 Å². The maximum atomic E-state index is 11.9. The minimum absolute atomic E-state index is 0.0444. The van der Waals surface area contributed by atoms with Gasteiger partial charge in [-0.05, 0) is 51.4 Å². The average molecular weight is 437 g/mol. The lowest BCUT2D eigenvalue weighted by molar-refractivity contribution is -0.368. The summed E-state index contributed by atoms with van der Waals surface area (Å²) in [4.78, 5) is 11.9. The molecule has 3 fully saturated rings. The quantitative estimate of drug-likeness (QED) is 0.433. The van der Waals surface area contributed by atoms with Crippen molar-refractivity contribution in [3.63, 3.8) is 0 Å². The first-order chi connectivity index (χ1) is 14.7. The zero-order valence-electron chi connectivity index (χ0n) is 20.3. The molecule has 31 heavy (non-hydrogen) atoms. The highest BCUT2D eigenvalue weighted by molar-refractivity contribution is 5.66. The van der Waals surface area contributed by atoms with Gasteiger partial charge in [0.2, 0.25) is 0 Å². The Balaban J connectivity index is 2.05. The number of rotatable bonds is 7. The van der Waals surface area contributed by atoms with Gasteiger partial charge in [-0.15, -0.1) is 0 Å². The number of methoxy groups -OCH3 is 3. The van der Waals surface area contributed by atoms with Crippen molar-refractivity contribution in [3.05, 3.63) is 23.3 Å². The largest absolute Gasteiger partial charge is 0.462 e. The summed E-state index contributed by atoms with van der Waals surface area (Å²) < 4.78 is 30.1. The summed E-state index contributed by atoms with van der Waals surface area (Å²) in [7, 11) is 5.13. The van der Waals surface area contributed by atoms with E-state index in [0.717, 1.165) is 12.8 Å². The fourth-order valence-corrected chi connectivity index (χ4v) is 6.44. The van der Waals surface area contributed by atoms with Gasteiger partial charge in [0.05, 0.1) is 12.0 Å². The number of ether oxygens (including phenoxy) is 5. The van der Waals surface area contributed by atoms with E-state index in [-0.39, 0.29) is 47.8 Å². The molecule has 0 spiro atoms. The molecule has 176 valence electrons. The van der Waals surface area contributed by atoms with Gasteiger partial charge in [-0.1, -0.05) is 30.2 Å². The van der Waals surface area contributed by atoms with Crippen molar-refractivity contribution in [2.45, 2.75) is 78.2 Å². The lowest BCUT2D eigenvalue weighted by Gasteiger charge is -2.50. The highest BCUT2D eigenvalue weighted by atomic mass is 16.8. The molecule has 1 saturated heterocycles. The SMILES string of the molecule is CO[C@@H]1O[C@@]2(OC)C[C@@H](OC)[C@@H](C)[C@H]2[C@H]2[C@H]1[C@H](OC(C)=O)C[C@H]2/C(C)=C\CC=C(C)C. The summed E-state index contributed by atoms with van der Waals surface area (Å²) in [5.41, 5.74) is 2.64. The number of allylic oxidation sites excluding steroid dienone is 4. The van der Waals surface area contributed by atoms with Gasteiger partial charge in [0.1, 0.15) is 6.10 Å². The van der Waals surface area contributed by atoms with E-state index in [9.17, 15) is 4.79 Å². The molecule has 2 aliphatic carbocycles. The van der Waals surface area contributed by atoms with Crippen LogP contribution in [0, 0.1) is 29.6 Å². The fourth-order valence-electron chi connectivity index (χ4n) is 6.44. The summed E-state index contributed by atoms with van der Waals surface area (Å²) in [6.45, 7) is 10.1. The monoisotopic (exact) mass is 436 g/mol. The number of fused-ring (bicyclic) bond motifs is 3. The summed E-state index contributed by atoms with van der Waals surface area (Å²) in [6, 6.07) is 0. The van der Waals surface area contributed by atoms with Gasteiger partial charge in [-0.2, -0.15) is 0 Å². The third-order valence-electron chi connectivity index (χ3n) is 7.76. The Morgan fingerprint density at radius 3 is 2.29 bits per heavy atom. The van der Waals surface area contributed by atoms with E-state index in [0.29, 0.717) is 6.42 Å². The van der Waals surface area contributed by atoms with E-state index in [1.165, 1.54) is 18.1 Å². The molecule has 0 radical (unpaired) electrons. The van der Waals surface area contributed by atoms with E-state index < -0.39 is 12.1 Å². The van der Waals surface area contributed by atoms with Crippen LogP contribution in [0.1, 0.15) is 53.9 Å². The summed E-state index contributed by atoms with van der Waals surface area (Å²) in [6.07, 6.45) is 6.20. The van der Waals surface area contributed by atoms with Crippen molar-refractivity contribution < 1.29 is 28.5 Å². The van der Waals surface area contributed by atoms with Crippen LogP contribution < -0.4 is 0 Å². The van der Waals surface area contributed by atoms with Crippen LogP contribution in [0.4, 0.5) is 0 Å². The van der Waals surface area contributed by atoms with Crippen LogP contribution in [-0.4, -0.2) is 51.6 Å². The molecule has 3 aliphatic rings. The molecule has 6 nitrogen and oxygen atoms in total. The van der Waals surface area contributed by atoms with Crippen LogP contribution in [0.2, 0.25) is 0 Å². The highest BCUT2D eigenvalue weighted by Crippen LogP contribution is 2.62. The molecule has 2 saturated carbocycles. The predicted molar refractivity (Wildman–Crippen MR) is 118 cm³/mol. The predicted octanol–water partition coefficient (Wildman–Crippen LogP) is 4.49. The Hall–Kier alpha value is -1.21. The number of hydrogen-bond donors (Lipinski definition) is 0. The number of esters is 1. The standard InChI is InChI=1S/C25H40O6/c1-14(2)10-9-11-15(3)18-12-19(30-17(5)26)22-21(18)23-16(4)20(27-6)13-25(23,29-8)31-24(22)28-7/h10-11,16,18-24H,9,12-13H2,1-8H3/b15-11-/t16-,18+,19-,20-,21-,22-,23+,24-,25+/m1/s1. The van der Waals surface area contributed by atoms with Crippen LogP contribution in [-0.2, 0) is 28.5 Å². The first kappa shape index (κ1) is 24.4. The Morgan fingerprint density at radius 1 is 1.03 bits per heavy atom. The Kier molecular flexibility index (Phi) is 7.67. The zero-order valence-corrected chi connectivity index (χ0v) is 20.3. The van der Waals surface area contributed by atoms with Crippen LogP contribution >= 0.6 is 0 Å². The Morgan fingerprint density at radius 2 is 1.74 bits per heavy atom. The molecular formula is C25H40O6. The Labute approximate surface area is 187 Å². The molecule has 9 atom stereocenters. The van der Waals surface area contributed by atoms with Crippen molar-refractivity contribution in [1.29, 1.82) is 0 Å².